The van der Waals surface area contributed by atoms with Gasteiger partial charge >= 0.3 is 0 Å². The monoisotopic (exact) mass is 391 g/mol. The third kappa shape index (κ3) is 3.75. The summed E-state index contributed by atoms with van der Waals surface area (Å²) in [7, 11) is 0. The first kappa shape index (κ1) is 18.2. The van der Waals surface area contributed by atoms with Gasteiger partial charge in [-0.1, -0.05) is 18.7 Å². The fourth-order valence-electron chi connectivity index (χ4n) is 3.72. The van der Waals surface area contributed by atoms with E-state index in [-0.39, 0.29) is 17.3 Å². The summed E-state index contributed by atoms with van der Waals surface area (Å²) in [6, 6.07) is 0. The number of hydrogen-bond acceptors (Lipinski definition) is 6. The fraction of sp³-hybridized carbons (Fsp3) is 0.632. The number of rotatable bonds is 5. The van der Waals surface area contributed by atoms with Crippen molar-refractivity contribution in [3.05, 3.63) is 16.8 Å². The van der Waals surface area contributed by atoms with E-state index in [1.54, 1.807) is 29.4 Å². The van der Waals surface area contributed by atoms with Crippen LogP contribution in [0.5, 0.6) is 0 Å². The van der Waals surface area contributed by atoms with Gasteiger partial charge in [-0.3, -0.25) is 4.79 Å². The summed E-state index contributed by atoms with van der Waals surface area (Å²) in [4.78, 5) is 24.0. The van der Waals surface area contributed by atoms with E-state index in [1.165, 1.54) is 22.2 Å². The molecule has 5 nitrogen and oxygen atoms in total. The summed E-state index contributed by atoms with van der Waals surface area (Å²) in [6.07, 6.45) is 7.38. The van der Waals surface area contributed by atoms with Crippen molar-refractivity contribution in [1.29, 1.82) is 0 Å². The summed E-state index contributed by atoms with van der Waals surface area (Å²) in [5, 5.41) is 4.97. The summed E-state index contributed by atoms with van der Waals surface area (Å²) >= 11 is 3.34. The molecule has 0 spiro atoms. The Kier molecular flexibility index (Phi) is 5.47. The van der Waals surface area contributed by atoms with Gasteiger partial charge in [-0.15, -0.1) is 11.3 Å². The van der Waals surface area contributed by atoms with Crippen molar-refractivity contribution in [2.24, 2.45) is 5.92 Å². The Labute approximate surface area is 162 Å². The molecule has 2 aromatic heterocycles. The Bertz CT molecular complexity index is 801. The molecule has 1 aliphatic heterocycles. The maximum atomic E-state index is 12.5. The van der Waals surface area contributed by atoms with Crippen molar-refractivity contribution in [2.45, 2.75) is 62.3 Å². The zero-order valence-corrected chi connectivity index (χ0v) is 16.9. The lowest BCUT2D eigenvalue weighted by molar-refractivity contribution is -0.120. The molecule has 2 aromatic rings. The van der Waals surface area contributed by atoms with E-state index < -0.39 is 0 Å². The Balaban J connectivity index is 1.48. The number of nitrogens with zero attached hydrogens (tertiary/aromatic N) is 2. The highest BCUT2D eigenvalue weighted by Crippen LogP contribution is 2.41. The molecule has 2 aliphatic rings. The van der Waals surface area contributed by atoms with Crippen LogP contribution in [-0.4, -0.2) is 40.4 Å². The second-order valence-corrected chi connectivity index (χ2v) is 9.76. The topological polar surface area (TPSA) is 64.1 Å². The van der Waals surface area contributed by atoms with Gasteiger partial charge in [0.15, 0.2) is 0 Å². The summed E-state index contributed by atoms with van der Waals surface area (Å²) in [6.45, 7) is 5.68. The van der Waals surface area contributed by atoms with Crippen LogP contribution >= 0.6 is 23.1 Å². The Morgan fingerprint density at radius 3 is 3.15 bits per heavy atom. The van der Waals surface area contributed by atoms with Gasteiger partial charge in [-0.25, -0.2) is 9.97 Å². The molecule has 7 heteroatoms. The number of ether oxygens (including phenoxy) is 1. The lowest BCUT2D eigenvalue weighted by Gasteiger charge is -2.18. The molecule has 3 atom stereocenters. The van der Waals surface area contributed by atoms with Crippen LogP contribution in [0.2, 0.25) is 0 Å². The van der Waals surface area contributed by atoms with Crippen LogP contribution in [0.15, 0.2) is 11.4 Å². The van der Waals surface area contributed by atoms with E-state index in [2.05, 4.69) is 22.2 Å². The lowest BCUT2D eigenvalue weighted by atomic mass is 9.89. The van der Waals surface area contributed by atoms with E-state index in [9.17, 15) is 4.79 Å². The van der Waals surface area contributed by atoms with Gasteiger partial charge in [0.2, 0.25) is 5.91 Å². The number of aromatic nitrogens is 2. The van der Waals surface area contributed by atoms with Crippen LogP contribution in [0, 0.1) is 5.92 Å². The molecule has 1 aliphatic carbocycles. The second kappa shape index (κ2) is 7.82. The van der Waals surface area contributed by atoms with E-state index in [4.69, 9.17) is 4.74 Å². The normalized spacial score (nSPS) is 23.8. The van der Waals surface area contributed by atoms with Crippen LogP contribution < -0.4 is 5.32 Å². The first-order valence-corrected chi connectivity index (χ1v) is 11.1. The highest BCUT2D eigenvalue weighted by molar-refractivity contribution is 8.00. The minimum atomic E-state index is -0.187. The van der Waals surface area contributed by atoms with Gasteiger partial charge in [0.1, 0.15) is 16.2 Å². The first-order valence-electron chi connectivity index (χ1n) is 9.43. The van der Waals surface area contributed by atoms with E-state index >= 15 is 0 Å². The highest BCUT2D eigenvalue weighted by Gasteiger charge is 2.25. The molecular weight excluding hydrogens is 366 g/mol. The second-order valence-electron chi connectivity index (χ2n) is 7.35. The van der Waals surface area contributed by atoms with Crippen LogP contribution in [0.3, 0.4) is 0 Å². The van der Waals surface area contributed by atoms with Crippen molar-refractivity contribution >= 4 is 39.2 Å². The number of thioether (sulfide) groups is 1. The maximum absolute atomic E-state index is 12.5. The lowest BCUT2D eigenvalue weighted by Crippen LogP contribution is -2.36. The summed E-state index contributed by atoms with van der Waals surface area (Å²) in [5.74, 6) is 0.789. The number of amides is 1. The van der Waals surface area contributed by atoms with Gasteiger partial charge in [0.05, 0.1) is 11.4 Å². The Morgan fingerprint density at radius 2 is 2.35 bits per heavy atom. The van der Waals surface area contributed by atoms with Crippen molar-refractivity contribution in [1.82, 2.24) is 15.3 Å². The molecule has 4 rings (SSSR count). The third-order valence-electron chi connectivity index (χ3n) is 5.24. The fourth-order valence-corrected chi connectivity index (χ4v) is 6.11. The van der Waals surface area contributed by atoms with Gasteiger partial charge in [0, 0.05) is 23.4 Å². The van der Waals surface area contributed by atoms with Gasteiger partial charge in [-0.2, -0.15) is 0 Å². The van der Waals surface area contributed by atoms with Crippen LogP contribution in [0.4, 0.5) is 0 Å². The molecule has 1 saturated heterocycles. The van der Waals surface area contributed by atoms with Gasteiger partial charge in [-0.05, 0) is 50.5 Å². The number of thiophene rings is 1. The minimum Gasteiger partial charge on any atom is -0.376 e. The third-order valence-corrected chi connectivity index (χ3v) is 7.51. The molecule has 140 valence electrons. The largest absolute Gasteiger partial charge is 0.376 e. The maximum Gasteiger partial charge on any atom is 0.233 e. The van der Waals surface area contributed by atoms with Crippen molar-refractivity contribution in [2.75, 3.05) is 13.2 Å². The van der Waals surface area contributed by atoms with E-state index in [0.717, 1.165) is 48.1 Å². The zero-order chi connectivity index (χ0) is 18.1. The minimum absolute atomic E-state index is 0.0509. The van der Waals surface area contributed by atoms with Crippen LogP contribution in [-0.2, 0) is 22.4 Å². The smallest absolute Gasteiger partial charge is 0.233 e. The molecule has 0 bridgehead atoms. The molecule has 1 N–H and O–H groups in total. The molecule has 26 heavy (non-hydrogen) atoms. The van der Waals surface area contributed by atoms with E-state index in [0.29, 0.717) is 6.54 Å². The number of carbonyl (C=O) groups excluding carboxylic acids is 1. The van der Waals surface area contributed by atoms with E-state index in [1.807, 2.05) is 6.92 Å². The molecule has 0 aromatic carbocycles. The predicted octanol–water partition coefficient (Wildman–Crippen LogP) is 3.59. The standard InChI is InChI=1S/C19H25N3O2S2/c1-11-5-6-14-15(8-11)26-19-16(14)18(21-10-22-19)25-12(2)17(23)20-9-13-4-3-7-24-13/h10-13H,3-9H2,1-2H3,(H,20,23)/t11-,12-,13+/m1/s1. The Hall–Kier alpha value is -1.18. The highest BCUT2D eigenvalue weighted by atomic mass is 32.2. The molecule has 0 saturated carbocycles. The molecule has 0 unspecified atom stereocenters. The SMILES string of the molecule is C[C@@H]1CCc2c(sc3ncnc(S[C@H](C)C(=O)NC[C@@H]4CCCO4)c23)C1. The number of fused-ring (bicyclic) bond motifs is 3. The van der Waals surface area contributed by atoms with Crippen molar-refractivity contribution in [3.8, 4) is 0 Å². The molecule has 3 heterocycles. The molecule has 1 fully saturated rings. The quantitative estimate of drug-likeness (QED) is 0.623. The number of aryl methyl sites for hydroxylation is 1. The first-order chi connectivity index (χ1) is 12.6. The number of nitrogens with one attached hydrogen (secondary N) is 1. The Morgan fingerprint density at radius 1 is 1.46 bits per heavy atom. The summed E-state index contributed by atoms with van der Waals surface area (Å²) in [5.41, 5.74) is 1.41. The predicted molar refractivity (Wildman–Crippen MR) is 106 cm³/mol. The average molecular weight is 392 g/mol. The number of hydrogen-bond donors (Lipinski definition) is 1. The van der Waals surface area contributed by atoms with Gasteiger partial charge in [0.25, 0.3) is 0 Å². The molecule has 1 amide bonds. The van der Waals surface area contributed by atoms with Crippen LogP contribution in [0.1, 0.15) is 43.6 Å². The molecular formula is C19H25N3O2S2. The average Bonchev–Trinajstić information content (AvgIpc) is 3.26. The van der Waals surface area contributed by atoms with Gasteiger partial charge < -0.3 is 10.1 Å². The van der Waals surface area contributed by atoms with Crippen molar-refractivity contribution in [3.63, 3.8) is 0 Å². The summed E-state index contributed by atoms with van der Waals surface area (Å²) < 4.78 is 5.58. The van der Waals surface area contributed by atoms with Crippen LogP contribution in [0.25, 0.3) is 10.2 Å². The van der Waals surface area contributed by atoms with Crippen molar-refractivity contribution < 1.29 is 9.53 Å². The zero-order valence-electron chi connectivity index (χ0n) is 15.3. The molecule has 0 radical (unpaired) electrons. The number of carbonyl (C=O) groups is 1.